The number of thiocarbonyl (C=S) groups is 1. The van der Waals surface area contributed by atoms with Crippen molar-refractivity contribution in [2.45, 2.75) is 26.2 Å². The second-order valence-corrected chi connectivity index (χ2v) is 7.08. The van der Waals surface area contributed by atoms with Gasteiger partial charge in [0, 0.05) is 11.4 Å². The third kappa shape index (κ3) is 5.62. The summed E-state index contributed by atoms with van der Waals surface area (Å²) in [7, 11) is 1.38. The van der Waals surface area contributed by atoms with Crippen LogP contribution in [0.2, 0.25) is 0 Å². The van der Waals surface area contributed by atoms with Crippen LogP contribution in [0.3, 0.4) is 0 Å². The van der Waals surface area contributed by atoms with Crippen LogP contribution in [-0.2, 0) is 11.2 Å². The minimum absolute atomic E-state index is 0.354. The molecule has 1 aromatic heterocycles. The van der Waals surface area contributed by atoms with Crippen molar-refractivity contribution in [1.29, 1.82) is 0 Å². The number of anilines is 1. The Kier molecular flexibility index (Phi) is 7.21. The first kappa shape index (κ1) is 18.4. The number of esters is 1. The highest BCUT2D eigenvalue weighted by atomic mass is 32.1. The van der Waals surface area contributed by atoms with Gasteiger partial charge in [-0.25, -0.2) is 4.79 Å². The average Bonchev–Trinajstić information content (AvgIpc) is 2.95. The number of nitrogens with one attached hydrogen (secondary N) is 2. The molecular formula is C18H22N2O2S2. The largest absolute Gasteiger partial charge is 0.465 e. The molecule has 2 aromatic rings. The smallest absolute Gasteiger partial charge is 0.340 e. The van der Waals surface area contributed by atoms with Gasteiger partial charge < -0.3 is 15.4 Å². The van der Waals surface area contributed by atoms with E-state index >= 15 is 0 Å². The molecule has 0 aliphatic carbocycles. The number of thiophene rings is 1. The van der Waals surface area contributed by atoms with E-state index in [2.05, 4.69) is 34.9 Å². The highest BCUT2D eigenvalue weighted by Crippen LogP contribution is 2.28. The van der Waals surface area contributed by atoms with Gasteiger partial charge in [-0.2, -0.15) is 0 Å². The normalized spacial score (nSPS) is 10.2. The van der Waals surface area contributed by atoms with E-state index in [0.29, 0.717) is 10.7 Å². The first-order chi connectivity index (χ1) is 11.6. The summed E-state index contributed by atoms with van der Waals surface area (Å²) in [6, 6.07) is 12.3. The molecule has 128 valence electrons. The van der Waals surface area contributed by atoms with Gasteiger partial charge in [0.1, 0.15) is 5.00 Å². The molecule has 0 fully saturated rings. The minimum atomic E-state index is -0.354. The van der Waals surface area contributed by atoms with E-state index in [9.17, 15) is 4.79 Å². The van der Waals surface area contributed by atoms with Gasteiger partial charge in [-0.05, 0) is 50.0 Å². The van der Waals surface area contributed by atoms with Gasteiger partial charge in [0.05, 0.1) is 12.7 Å². The maximum Gasteiger partial charge on any atom is 0.340 e. The van der Waals surface area contributed by atoms with Crippen LogP contribution in [-0.4, -0.2) is 24.7 Å². The standard InChI is InChI=1S/C18H22N2O2S2/c1-13-12-15(17(21)22-2)16(24-13)20-18(23)19-11-7-6-10-14-8-4-3-5-9-14/h3-5,8-9,12H,6-7,10-11H2,1-2H3,(H2,19,20,23). The van der Waals surface area contributed by atoms with E-state index in [4.69, 9.17) is 17.0 Å². The van der Waals surface area contributed by atoms with E-state index < -0.39 is 0 Å². The molecule has 1 heterocycles. The van der Waals surface area contributed by atoms with Gasteiger partial charge in [0.2, 0.25) is 0 Å². The van der Waals surface area contributed by atoms with Crippen LogP contribution < -0.4 is 10.6 Å². The Hall–Kier alpha value is -1.92. The maximum absolute atomic E-state index is 11.7. The Morgan fingerprint density at radius 1 is 1.25 bits per heavy atom. The first-order valence-corrected chi connectivity index (χ1v) is 9.10. The molecule has 0 saturated carbocycles. The zero-order valence-corrected chi connectivity index (χ0v) is 15.6. The lowest BCUT2D eigenvalue weighted by Crippen LogP contribution is -2.29. The highest BCUT2D eigenvalue weighted by molar-refractivity contribution is 7.80. The molecule has 2 N–H and O–H groups in total. The summed E-state index contributed by atoms with van der Waals surface area (Å²) in [5.74, 6) is -0.354. The fourth-order valence-electron chi connectivity index (χ4n) is 2.32. The van der Waals surface area contributed by atoms with Crippen LogP contribution in [0.1, 0.15) is 33.6 Å². The Balaban J connectivity index is 1.73. The van der Waals surface area contributed by atoms with Crippen molar-refractivity contribution < 1.29 is 9.53 Å². The summed E-state index contributed by atoms with van der Waals surface area (Å²) in [4.78, 5) is 12.8. The van der Waals surface area contributed by atoms with Crippen LogP contribution in [0.15, 0.2) is 36.4 Å². The molecule has 0 atom stereocenters. The first-order valence-electron chi connectivity index (χ1n) is 7.87. The van der Waals surface area contributed by atoms with Crippen LogP contribution in [0.4, 0.5) is 5.00 Å². The molecule has 0 saturated heterocycles. The summed E-state index contributed by atoms with van der Waals surface area (Å²) in [6.07, 6.45) is 3.20. The van der Waals surface area contributed by atoms with Crippen LogP contribution >= 0.6 is 23.6 Å². The molecule has 0 aliphatic heterocycles. The van der Waals surface area contributed by atoms with Crippen molar-refractivity contribution in [3.63, 3.8) is 0 Å². The number of ether oxygens (including phenoxy) is 1. The van der Waals surface area contributed by atoms with Crippen molar-refractivity contribution in [2.24, 2.45) is 0 Å². The zero-order valence-electron chi connectivity index (χ0n) is 13.9. The number of carbonyl (C=O) groups excluding carboxylic acids is 1. The summed E-state index contributed by atoms with van der Waals surface area (Å²) < 4.78 is 4.79. The number of aryl methyl sites for hydroxylation is 2. The Labute approximate surface area is 152 Å². The predicted molar refractivity (Wildman–Crippen MR) is 104 cm³/mol. The van der Waals surface area contributed by atoms with E-state index in [1.165, 1.54) is 24.0 Å². The molecule has 0 spiro atoms. The third-order valence-corrected chi connectivity index (χ3v) is 4.72. The molecule has 6 heteroatoms. The Bertz CT molecular complexity index is 684. The van der Waals surface area contributed by atoms with Gasteiger partial charge in [0.15, 0.2) is 5.11 Å². The van der Waals surface area contributed by atoms with Crippen molar-refractivity contribution in [2.75, 3.05) is 19.0 Å². The van der Waals surface area contributed by atoms with Gasteiger partial charge in [-0.15, -0.1) is 11.3 Å². The third-order valence-electron chi connectivity index (χ3n) is 3.51. The van der Waals surface area contributed by atoms with Crippen molar-refractivity contribution in [1.82, 2.24) is 5.32 Å². The van der Waals surface area contributed by atoms with Gasteiger partial charge in [0.25, 0.3) is 0 Å². The summed E-state index contributed by atoms with van der Waals surface area (Å²) in [6.45, 7) is 2.75. The van der Waals surface area contributed by atoms with Gasteiger partial charge in [-0.3, -0.25) is 0 Å². The fourth-order valence-corrected chi connectivity index (χ4v) is 3.49. The van der Waals surface area contributed by atoms with Crippen molar-refractivity contribution in [3.8, 4) is 0 Å². The molecule has 0 radical (unpaired) electrons. The minimum Gasteiger partial charge on any atom is -0.465 e. The fraction of sp³-hybridized carbons (Fsp3) is 0.333. The SMILES string of the molecule is COC(=O)c1cc(C)sc1NC(=S)NCCCCc1ccccc1. The Morgan fingerprint density at radius 2 is 2.00 bits per heavy atom. The molecule has 0 unspecified atom stereocenters. The van der Waals surface area contributed by atoms with Crippen LogP contribution in [0.25, 0.3) is 0 Å². The van der Waals surface area contributed by atoms with E-state index in [1.807, 2.05) is 13.0 Å². The van der Waals surface area contributed by atoms with E-state index in [1.54, 1.807) is 6.07 Å². The summed E-state index contributed by atoms with van der Waals surface area (Å²) >= 11 is 6.79. The van der Waals surface area contributed by atoms with Gasteiger partial charge in [-0.1, -0.05) is 30.3 Å². The lowest BCUT2D eigenvalue weighted by atomic mass is 10.1. The Morgan fingerprint density at radius 3 is 2.71 bits per heavy atom. The summed E-state index contributed by atoms with van der Waals surface area (Å²) in [5, 5.41) is 7.53. The van der Waals surface area contributed by atoms with Crippen LogP contribution in [0, 0.1) is 6.92 Å². The molecule has 0 bridgehead atoms. The van der Waals surface area contributed by atoms with Crippen LogP contribution in [0.5, 0.6) is 0 Å². The molecule has 4 nitrogen and oxygen atoms in total. The van der Waals surface area contributed by atoms with Crippen molar-refractivity contribution in [3.05, 3.63) is 52.4 Å². The topological polar surface area (TPSA) is 50.4 Å². The molecular weight excluding hydrogens is 340 g/mol. The van der Waals surface area contributed by atoms with E-state index in [-0.39, 0.29) is 5.97 Å². The number of unbranched alkanes of at least 4 members (excludes halogenated alkanes) is 1. The average molecular weight is 363 g/mol. The maximum atomic E-state index is 11.7. The van der Waals surface area contributed by atoms with Gasteiger partial charge >= 0.3 is 5.97 Å². The molecule has 2 rings (SSSR count). The predicted octanol–water partition coefficient (Wildman–Crippen LogP) is 4.15. The number of methoxy groups -OCH3 is 1. The monoisotopic (exact) mass is 362 g/mol. The number of hydrogen-bond acceptors (Lipinski definition) is 4. The quantitative estimate of drug-likeness (QED) is 0.440. The molecule has 1 aromatic carbocycles. The number of benzene rings is 1. The van der Waals surface area contributed by atoms with Crippen molar-refractivity contribution >= 4 is 39.6 Å². The molecule has 0 aliphatic rings. The number of hydrogen-bond donors (Lipinski definition) is 2. The molecule has 24 heavy (non-hydrogen) atoms. The van der Waals surface area contributed by atoms with E-state index in [0.717, 1.165) is 35.7 Å². The zero-order chi connectivity index (χ0) is 17.4. The number of rotatable bonds is 7. The second kappa shape index (κ2) is 9.39. The summed E-state index contributed by atoms with van der Waals surface area (Å²) in [5.41, 5.74) is 1.88. The number of carbonyl (C=O) groups is 1. The molecule has 0 amide bonds. The highest BCUT2D eigenvalue weighted by Gasteiger charge is 2.16. The lowest BCUT2D eigenvalue weighted by Gasteiger charge is -2.10. The second-order valence-electron chi connectivity index (χ2n) is 5.42. The lowest BCUT2D eigenvalue weighted by molar-refractivity contribution is 0.0602.